The zero-order valence-corrected chi connectivity index (χ0v) is 22.6. The van der Waals surface area contributed by atoms with Crippen LogP contribution in [0.4, 0.5) is 19.6 Å². The highest BCUT2D eigenvalue weighted by Crippen LogP contribution is 2.38. The lowest BCUT2D eigenvalue weighted by molar-refractivity contribution is 0.0731. The van der Waals surface area contributed by atoms with Crippen molar-refractivity contribution in [1.82, 2.24) is 19.9 Å². The third-order valence-electron chi connectivity index (χ3n) is 7.35. The Morgan fingerprint density at radius 2 is 2.08 bits per heavy atom. The third kappa shape index (κ3) is 5.85. The second kappa shape index (κ2) is 11.7. The summed E-state index contributed by atoms with van der Waals surface area (Å²) in [6.07, 6.45) is 4.41. The molecule has 208 valence electrons. The number of benzene rings is 1. The summed E-state index contributed by atoms with van der Waals surface area (Å²) in [7, 11) is 0. The summed E-state index contributed by atoms with van der Waals surface area (Å²) in [5.74, 6) is -0.154. The summed E-state index contributed by atoms with van der Waals surface area (Å²) in [5, 5.41) is 8.49. The minimum Gasteiger partial charge on any atom is -0.487 e. The number of carbonyl (C=O) groups excluding carboxylic acids is 1. The van der Waals surface area contributed by atoms with Gasteiger partial charge in [0.2, 0.25) is 5.95 Å². The van der Waals surface area contributed by atoms with E-state index in [0.717, 1.165) is 37.3 Å². The zero-order valence-electron chi connectivity index (χ0n) is 21.8. The number of halogens is 2. The molecule has 2 saturated heterocycles. The summed E-state index contributed by atoms with van der Waals surface area (Å²) < 4.78 is 35.3. The number of rotatable bonds is 8. The largest absolute Gasteiger partial charge is 0.487 e. The highest BCUT2D eigenvalue weighted by Gasteiger charge is 2.29. The fourth-order valence-electron chi connectivity index (χ4n) is 5.36. The van der Waals surface area contributed by atoms with Crippen molar-refractivity contribution in [2.24, 2.45) is 0 Å². The van der Waals surface area contributed by atoms with Gasteiger partial charge in [0.15, 0.2) is 5.13 Å². The molecule has 3 atom stereocenters. The summed E-state index contributed by atoms with van der Waals surface area (Å²) >= 11 is 1.40. The second-order valence-corrected chi connectivity index (χ2v) is 10.9. The smallest absolute Gasteiger partial charge is 0.274 e. The molecule has 11 heteroatoms. The van der Waals surface area contributed by atoms with Crippen LogP contribution in [-0.2, 0) is 6.54 Å². The molecule has 0 aliphatic carbocycles. The Balaban J connectivity index is 1.10. The lowest BCUT2D eigenvalue weighted by atomic mass is 10.1. The minimum atomic E-state index is -1.01. The predicted molar refractivity (Wildman–Crippen MR) is 150 cm³/mol. The van der Waals surface area contributed by atoms with Crippen LogP contribution >= 0.6 is 11.3 Å². The van der Waals surface area contributed by atoms with Gasteiger partial charge in [0.05, 0.1) is 11.7 Å². The molecular weight excluding hydrogens is 534 g/mol. The van der Waals surface area contributed by atoms with Crippen molar-refractivity contribution in [2.75, 3.05) is 29.9 Å². The average molecular weight is 565 g/mol. The number of anilines is 2. The number of hydrogen-bond donors (Lipinski definition) is 2. The van der Waals surface area contributed by atoms with Crippen LogP contribution in [0, 0.1) is 5.95 Å². The Bertz CT molecular complexity index is 1460. The van der Waals surface area contributed by atoms with E-state index in [1.54, 1.807) is 29.0 Å². The van der Waals surface area contributed by atoms with Crippen LogP contribution in [0.2, 0.25) is 0 Å². The Kier molecular flexibility index (Phi) is 7.74. The van der Waals surface area contributed by atoms with E-state index >= 15 is 0 Å². The van der Waals surface area contributed by atoms with Gasteiger partial charge in [-0.3, -0.25) is 10.1 Å². The SMILES string of the molecule is O=C(Nc1nc([C@H]2CCCN2c2ccc(OC3CCNCC3F)cc2)cs1)c1cccn1Cc1ccnc(F)c1. The summed E-state index contributed by atoms with van der Waals surface area (Å²) in [6, 6.07) is 14.5. The van der Waals surface area contributed by atoms with Crippen molar-refractivity contribution >= 4 is 28.1 Å². The molecule has 3 aromatic heterocycles. The van der Waals surface area contributed by atoms with Gasteiger partial charge in [-0.1, -0.05) is 0 Å². The van der Waals surface area contributed by atoms with Gasteiger partial charge in [0.25, 0.3) is 5.91 Å². The fraction of sp³-hybridized carbons (Fsp3) is 0.345. The third-order valence-corrected chi connectivity index (χ3v) is 8.12. The Labute approximate surface area is 235 Å². The van der Waals surface area contributed by atoms with Crippen LogP contribution < -0.4 is 20.3 Å². The van der Waals surface area contributed by atoms with Crippen molar-refractivity contribution in [1.29, 1.82) is 0 Å². The van der Waals surface area contributed by atoms with E-state index in [1.165, 1.54) is 23.6 Å². The van der Waals surface area contributed by atoms with Gasteiger partial charge in [-0.2, -0.15) is 4.39 Å². The Hall–Kier alpha value is -3.83. The molecule has 5 heterocycles. The molecule has 2 aliphatic heterocycles. The summed E-state index contributed by atoms with van der Waals surface area (Å²) in [5.41, 5.74) is 3.15. The number of nitrogens with one attached hydrogen (secondary N) is 2. The zero-order chi connectivity index (χ0) is 27.5. The molecule has 4 aromatic rings. The molecule has 0 radical (unpaired) electrons. The monoisotopic (exact) mass is 564 g/mol. The molecule has 1 aromatic carbocycles. The topological polar surface area (TPSA) is 84.3 Å². The van der Waals surface area contributed by atoms with E-state index in [1.807, 2.05) is 29.6 Å². The first-order valence-electron chi connectivity index (χ1n) is 13.4. The number of hydrogen-bond acceptors (Lipinski definition) is 7. The number of ether oxygens (including phenoxy) is 1. The van der Waals surface area contributed by atoms with Crippen LogP contribution in [0.15, 0.2) is 66.3 Å². The predicted octanol–water partition coefficient (Wildman–Crippen LogP) is 5.20. The maximum absolute atomic E-state index is 14.1. The molecule has 2 unspecified atom stereocenters. The highest BCUT2D eigenvalue weighted by molar-refractivity contribution is 7.14. The number of aromatic nitrogens is 3. The fourth-order valence-corrected chi connectivity index (χ4v) is 6.11. The van der Waals surface area contributed by atoms with Gasteiger partial charge in [-0.15, -0.1) is 11.3 Å². The van der Waals surface area contributed by atoms with Gasteiger partial charge in [-0.05, 0) is 79.9 Å². The van der Waals surface area contributed by atoms with Crippen LogP contribution in [-0.4, -0.2) is 52.4 Å². The van der Waals surface area contributed by atoms with E-state index in [4.69, 9.17) is 9.72 Å². The molecule has 2 N–H and O–H groups in total. The standard InChI is InChI=1S/C29H30F2N6O2S/c30-22-16-32-11-10-26(22)39-21-7-5-20(6-8-21)37-14-2-3-24(37)23-18-40-29(34-23)35-28(38)25-4-1-13-36(25)17-19-9-12-33-27(31)15-19/h1,4-9,12-13,15,18,22,24,26,32H,2-3,10-11,14,16-17H2,(H,34,35,38)/t22?,24-,26?/m1/s1. The van der Waals surface area contributed by atoms with Gasteiger partial charge < -0.3 is 19.5 Å². The minimum absolute atomic E-state index is 0.0961. The number of pyridine rings is 1. The highest BCUT2D eigenvalue weighted by atomic mass is 32.1. The molecule has 2 fully saturated rings. The van der Waals surface area contributed by atoms with Crippen molar-refractivity contribution < 1.29 is 18.3 Å². The Morgan fingerprint density at radius 3 is 2.90 bits per heavy atom. The van der Waals surface area contributed by atoms with Crippen LogP contribution in [0.5, 0.6) is 5.75 Å². The molecule has 0 bridgehead atoms. The molecule has 8 nitrogen and oxygen atoms in total. The maximum atomic E-state index is 14.1. The van der Waals surface area contributed by atoms with Crippen LogP contribution in [0.25, 0.3) is 0 Å². The Morgan fingerprint density at radius 1 is 1.20 bits per heavy atom. The second-order valence-electron chi connectivity index (χ2n) is 10.1. The normalized spacial score (nSPS) is 20.9. The lowest BCUT2D eigenvalue weighted by Gasteiger charge is -2.28. The number of piperidine rings is 1. The van der Waals surface area contributed by atoms with Crippen molar-refractivity contribution in [3.05, 3.63) is 89.2 Å². The molecule has 6 rings (SSSR count). The van der Waals surface area contributed by atoms with Gasteiger partial charge >= 0.3 is 0 Å². The summed E-state index contributed by atoms with van der Waals surface area (Å²) in [4.78, 5) is 23.7. The van der Waals surface area contributed by atoms with E-state index in [9.17, 15) is 13.6 Å². The van der Waals surface area contributed by atoms with E-state index in [-0.39, 0.29) is 11.9 Å². The number of nitrogens with zero attached hydrogens (tertiary/aromatic N) is 4. The first-order valence-corrected chi connectivity index (χ1v) is 14.3. The van der Waals surface area contributed by atoms with Crippen molar-refractivity contribution in [2.45, 2.75) is 44.1 Å². The van der Waals surface area contributed by atoms with Crippen molar-refractivity contribution in [3.8, 4) is 5.75 Å². The molecule has 0 spiro atoms. The average Bonchev–Trinajstić information content (AvgIpc) is 3.72. The van der Waals surface area contributed by atoms with Crippen LogP contribution in [0.3, 0.4) is 0 Å². The number of thiazole rings is 1. The summed E-state index contributed by atoms with van der Waals surface area (Å²) in [6.45, 7) is 2.33. The van der Waals surface area contributed by atoms with E-state index in [2.05, 4.69) is 20.5 Å². The quantitative estimate of drug-likeness (QED) is 0.286. The van der Waals surface area contributed by atoms with Crippen molar-refractivity contribution in [3.63, 3.8) is 0 Å². The number of alkyl halides is 1. The molecular formula is C29H30F2N6O2S. The molecule has 1 amide bonds. The molecule has 2 aliphatic rings. The number of carbonyl (C=O) groups is 1. The number of amides is 1. The first kappa shape index (κ1) is 26.4. The van der Waals surface area contributed by atoms with Gasteiger partial charge in [0, 0.05) is 43.1 Å². The maximum Gasteiger partial charge on any atom is 0.274 e. The first-order chi connectivity index (χ1) is 19.5. The molecule has 40 heavy (non-hydrogen) atoms. The lowest BCUT2D eigenvalue weighted by Crippen LogP contribution is -2.44. The van der Waals surface area contributed by atoms with Crippen LogP contribution in [0.1, 0.15) is 47.1 Å². The molecule has 0 saturated carbocycles. The van der Waals surface area contributed by atoms with E-state index < -0.39 is 18.2 Å². The van der Waals surface area contributed by atoms with Gasteiger partial charge in [0.1, 0.15) is 23.7 Å². The van der Waals surface area contributed by atoms with E-state index in [0.29, 0.717) is 41.6 Å². The van der Waals surface area contributed by atoms with Gasteiger partial charge in [-0.25, -0.2) is 14.4 Å².